The van der Waals surface area contributed by atoms with Crippen molar-refractivity contribution >= 4 is 23.6 Å². The van der Waals surface area contributed by atoms with Crippen LogP contribution in [-0.4, -0.2) is 36.7 Å². The summed E-state index contributed by atoms with van der Waals surface area (Å²) in [4.78, 5) is 39.2. The number of benzene rings is 3. The van der Waals surface area contributed by atoms with E-state index in [0.717, 1.165) is 24.1 Å². The van der Waals surface area contributed by atoms with Gasteiger partial charge in [0.15, 0.2) is 0 Å². The summed E-state index contributed by atoms with van der Waals surface area (Å²) >= 11 is 0. The number of hydrogen-bond acceptors (Lipinski definition) is 7. The number of carbonyl (C=O) groups excluding carboxylic acids is 3. The molecule has 40 heavy (non-hydrogen) atoms. The average molecular weight is 544 g/mol. The Morgan fingerprint density at radius 2 is 1.45 bits per heavy atom. The van der Waals surface area contributed by atoms with Gasteiger partial charge < -0.3 is 19.5 Å². The number of carbonyl (C=O) groups is 3. The molecule has 0 spiro atoms. The van der Waals surface area contributed by atoms with Crippen molar-refractivity contribution in [2.24, 2.45) is 0 Å². The van der Waals surface area contributed by atoms with Crippen LogP contribution in [0.4, 0.5) is 5.69 Å². The van der Waals surface area contributed by atoms with E-state index >= 15 is 0 Å². The van der Waals surface area contributed by atoms with Crippen molar-refractivity contribution in [2.75, 3.05) is 12.4 Å². The van der Waals surface area contributed by atoms with E-state index in [1.54, 1.807) is 39.0 Å². The smallest absolute Gasteiger partial charge is 0.339 e. The fraction of sp³-hybridized carbons (Fsp3) is 0.364. The quantitative estimate of drug-likeness (QED) is 0.237. The van der Waals surface area contributed by atoms with Gasteiger partial charge in [0.2, 0.25) is 0 Å². The van der Waals surface area contributed by atoms with E-state index in [9.17, 15) is 14.4 Å². The van der Waals surface area contributed by atoms with Crippen LogP contribution in [0.5, 0.6) is 0 Å². The molecule has 1 N–H and O–H groups in total. The molecule has 0 radical (unpaired) electrons. The molecule has 0 aromatic heterocycles. The molecule has 0 atom stereocenters. The first-order valence-corrected chi connectivity index (χ1v) is 13.7. The van der Waals surface area contributed by atoms with Gasteiger partial charge in [-0.25, -0.2) is 14.4 Å². The number of hydrogen-bond donors (Lipinski definition) is 1. The van der Waals surface area contributed by atoms with Crippen molar-refractivity contribution in [1.29, 1.82) is 0 Å². The molecule has 0 aliphatic heterocycles. The Hall–Kier alpha value is -4.13. The monoisotopic (exact) mass is 543 g/mol. The van der Waals surface area contributed by atoms with E-state index in [4.69, 9.17) is 14.2 Å². The summed E-state index contributed by atoms with van der Waals surface area (Å²) in [5, 5.41) is 3.57. The van der Waals surface area contributed by atoms with Crippen molar-refractivity contribution in [1.82, 2.24) is 0 Å². The van der Waals surface area contributed by atoms with E-state index in [2.05, 4.69) is 5.32 Å². The van der Waals surface area contributed by atoms with Crippen LogP contribution in [0, 0.1) is 0 Å². The van der Waals surface area contributed by atoms with Crippen molar-refractivity contribution in [3.8, 4) is 11.1 Å². The van der Waals surface area contributed by atoms with Crippen molar-refractivity contribution in [3.05, 3.63) is 89.0 Å². The van der Waals surface area contributed by atoms with Crippen molar-refractivity contribution in [3.63, 3.8) is 0 Å². The number of rotatable bonds is 8. The first-order chi connectivity index (χ1) is 19.1. The number of nitrogens with one attached hydrogen (secondary N) is 1. The zero-order valence-corrected chi connectivity index (χ0v) is 23.6. The van der Waals surface area contributed by atoms with Gasteiger partial charge in [0.05, 0.1) is 23.8 Å². The van der Waals surface area contributed by atoms with Crippen LogP contribution in [0.15, 0.2) is 66.7 Å². The van der Waals surface area contributed by atoms with E-state index in [0.29, 0.717) is 22.7 Å². The fourth-order valence-corrected chi connectivity index (χ4v) is 4.85. The van der Waals surface area contributed by atoms with E-state index in [-0.39, 0.29) is 17.7 Å². The Labute approximate surface area is 235 Å². The fourth-order valence-electron chi connectivity index (χ4n) is 4.85. The molecule has 7 nitrogen and oxygen atoms in total. The predicted molar refractivity (Wildman–Crippen MR) is 154 cm³/mol. The van der Waals surface area contributed by atoms with E-state index < -0.39 is 23.5 Å². The summed E-state index contributed by atoms with van der Waals surface area (Å²) < 4.78 is 16.3. The highest BCUT2D eigenvalue weighted by atomic mass is 16.6. The number of esters is 3. The third kappa shape index (κ3) is 7.50. The van der Waals surface area contributed by atoms with Gasteiger partial charge in [0.1, 0.15) is 12.2 Å². The lowest BCUT2D eigenvalue weighted by Crippen LogP contribution is -2.24. The lowest BCUT2D eigenvalue weighted by atomic mass is 9.92. The van der Waals surface area contributed by atoms with Crippen LogP contribution >= 0.6 is 0 Å². The summed E-state index contributed by atoms with van der Waals surface area (Å²) in [5.74, 6) is -1.70. The normalized spacial score (nSPS) is 13.8. The molecule has 7 heteroatoms. The Kier molecular flexibility index (Phi) is 9.25. The van der Waals surface area contributed by atoms with Crippen LogP contribution in [0.2, 0.25) is 0 Å². The first-order valence-electron chi connectivity index (χ1n) is 13.7. The standard InChI is InChI=1S/C33H37NO6/c1-33(2,3)40-32(37)28-19-23(30(35)38-4)15-17-26(28)27-18-16-25(34-24-13-9-6-10-14-24)20-29(27)31(36)39-21-22-11-7-5-8-12-22/h5,7-8,11-12,15-20,24,34H,6,9-10,13-14,21H2,1-4H3. The van der Waals surface area contributed by atoms with E-state index in [1.165, 1.54) is 32.4 Å². The Balaban J connectivity index is 1.77. The van der Waals surface area contributed by atoms with Gasteiger partial charge in [-0.15, -0.1) is 0 Å². The molecule has 1 saturated carbocycles. The molecule has 0 saturated heterocycles. The van der Waals surface area contributed by atoms with Gasteiger partial charge in [-0.2, -0.15) is 0 Å². The molecule has 4 rings (SSSR count). The highest BCUT2D eigenvalue weighted by Crippen LogP contribution is 2.33. The Morgan fingerprint density at radius 3 is 2.10 bits per heavy atom. The summed E-state index contributed by atoms with van der Waals surface area (Å²) in [6.45, 7) is 5.42. The molecule has 1 aliphatic carbocycles. The molecule has 0 heterocycles. The lowest BCUT2D eigenvalue weighted by Gasteiger charge is -2.25. The van der Waals surface area contributed by atoms with E-state index in [1.807, 2.05) is 42.5 Å². The maximum Gasteiger partial charge on any atom is 0.339 e. The summed E-state index contributed by atoms with van der Waals surface area (Å²) in [6, 6.07) is 20.0. The maximum absolute atomic E-state index is 13.5. The molecule has 1 aliphatic rings. The zero-order valence-electron chi connectivity index (χ0n) is 23.6. The van der Waals surface area contributed by atoms with Crippen molar-refractivity contribution < 1.29 is 28.6 Å². The van der Waals surface area contributed by atoms with Crippen LogP contribution < -0.4 is 5.32 Å². The van der Waals surface area contributed by atoms with Gasteiger partial charge in [-0.1, -0.05) is 61.7 Å². The highest BCUT2D eigenvalue weighted by Gasteiger charge is 2.26. The number of ether oxygens (including phenoxy) is 3. The third-order valence-corrected chi connectivity index (χ3v) is 6.78. The molecule has 0 bridgehead atoms. The zero-order chi connectivity index (χ0) is 28.7. The highest BCUT2D eigenvalue weighted by molar-refractivity contribution is 6.05. The number of anilines is 1. The minimum atomic E-state index is -0.763. The molecule has 0 unspecified atom stereocenters. The summed E-state index contributed by atoms with van der Waals surface area (Å²) in [7, 11) is 1.28. The molecular weight excluding hydrogens is 506 g/mol. The minimum Gasteiger partial charge on any atom is -0.465 e. The van der Waals surface area contributed by atoms with Crippen LogP contribution in [-0.2, 0) is 20.8 Å². The second-order valence-electron chi connectivity index (χ2n) is 11.1. The minimum absolute atomic E-state index is 0.111. The predicted octanol–water partition coefficient (Wildman–Crippen LogP) is 7.20. The molecule has 210 valence electrons. The van der Waals surface area contributed by atoms with Crippen LogP contribution in [0.1, 0.15) is 89.5 Å². The van der Waals surface area contributed by atoms with Gasteiger partial charge >= 0.3 is 17.9 Å². The Morgan fingerprint density at radius 1 is 0.800 bits per heavy atom. The molecule has 3 aromatic carbocycles. The second kappa shape index (κ2) is 12.8. The Bertz CT molecular complexity index is 1350. The molecule has 3 aromatic rings. The lowest BCUT2D eigenvalue weighted by molar-refractivity contribution is 0.00700. The SMILES string of the molecule is COC(=O)c1ccc(-c2ccc(NC3CCCCC3)cc2C(=O)OCc2ccccc2)c(C(=O)OC(C)(C)C)c1. The topological polar surface area (TPSA) is 90.9 Å². The molecular formula is C33H37NO6. The maximum atomic E-state index is 13.5. The average Bonchev–Trinajstić information content (AvgIpc) is 2.95. The third-order valence-electron chi connectivity index (χ3n) is 6.78. The van der Waals surface area contributed by atoms with Crippen molar-refractivity contribution in [2.45, 2.75) is 71.1 Å². The van der Waals surface area contributed by atoms with Crippen LogP contribution in [0.25, 0.3) is 11.1 Å². The van der Waals surface area contributed by atoms with Gasteiger partial charge in [-0.3, -0.25) is 0 Å². The van der Waals surface area contributed by atoms with Gasteiger partial charge in [-0.05, 0) is 74.6 Å². The largest absolute Gasteiger partial charge is 0.465 e. The summed E-state index contributed by atoms with van der Waals surface area (Å²) in [5.41, 5.74) is 2.55. The molecule has 0 amide bonds. The molecule has 1 fully saturated rings. The van der Waals surface area contributed by atoms with Gasteiger partial charge in [0.25, 0.3) is 0 Å². The summed E-state index contributed by atoms with van der Waals surface area (Å²) in [6.07, 6.45) is 5.74. The second-order valence-corrected chi connectivity index (χ2v) is 11.1. The first kappa shape index (κ1) is 28.9. The van der Waals surface area contributed by atoms with Gasteiger partial charge in [0, 0.05) is 11.7 Å². The van der Waals surface area contributed by atoms with Crippen LogP contribution in [0.3, 0.4) is 0 Å². The number of methoxy groups -OCH3 is 1.